The molecular weight excluding hydrogens is 232 g/mol. The molecule has 0 saturated heterocycles. The second kappa shape index (κ2) is 4.54. The molecule has 0 aromatic heterocycles. The second-order valence-electron chi connectivity index (χ2n) is 3.76. The quantitative estimate of drug-likeness (QED) is 0.768. The fourth-order valence-corrected chi connectivity index (χ4v) is 3.43. The highest BCUT2D eigenvalue weighted by Gasteiger charge is 2.18. The number of hydrogen-bond donors (Lipinski definition) is 0. The SMILES string of the molecule is CCCc1cc(C)cc(C)c1S(=O)(=O)Cl. The van der Waals surface area contributed by atoms with Gasteiger partial charge in [-0.15, -0.1) is 0 Å². The van der Waals surface area contributed by atoms with Crippen molar-refractivity contribution in [2.24, 2.45) is 0 Å². The molecule has 2 nitrogen and oxygen atoms in total. The molecule has 1 aromatic carbocycles. The molecule has 0 fully saturated rings. The van der Waals surface area contributed by atoms with Gasteiger partial charge in [-0.1, -0.05) is 31.0 Å². The molecule has 0 amide bonds. The van der Waals surface area contributed by atoms with Crippen LogP contribution < -0.4 is 0 Å². The van der Waals surface area contributed by atoms with Crippen molar-refractivity contribution in [1.29, 1.82) is 0 Å². The average molecular weight is 247 g/mol. The average Bonchev–Trinajstić information content (AvgIpc) is 1.99. The molecule has 4 heteroatoms. The van der Waals surface area contributed by atoms with Crippen LogP contribution in [0.2, 0.25) is 0 Å². The Morgan fingerprint density at radius 3 is 2.33 bits per heavy atom. The van der Waals surface area contributed by atoms with E-state index in [1.54, 1.807) is 6.92 Å². The van der Waals surface area contributed by atoms with Gasteiger partial charge in [0.15, 0.2) is 0 Å². The minimum absolute atomic E-state index is 0.289. The Bertz CT molecular complexity index is 464. The van der Waals surface area contributed by atoms with E-state index in [-0.39, 0.29) is 4.90 Å². The molecule has 0 aliphatic rings. The lowest BCUT2D eigenvalue weighted by molar-refractivity contribution is 0.607. The van der Waals surface area contributed by atoms with Crippen LogP contribution in [0.5, 0.6) is 0 Å². The van der Waals surface area contributed by atoms with Crippen LogP contribution in [0, 0.1) is 13.8 Å². The zero-order valence-electron chi connectivity index (χ0n) is 9.17. The van der Waals surface area contributed by atoms with Crippen LogP contribution >= 0.6 is 10.7 Å². The molecule has 0 aliphatic carbocycles. The lowest BCUT2D eigenvalue weighted by Crippen LogP contribution is -2.02. The van der Waals surface area contributed by atoms with Crippen LogP contribution in [0.3, 0.4) is 0 Å². The van der Waals surface area contributed by atoms with E-state index in [2.05, 4.69) is 0 Å². The van der Waals surface area contributed by atoms with Crippen molar-refractivity contribution in [1.82, 2.24) is 0 Å². The maximum Gasteiger partial charge on any atom is 0.261 e. The molecular formula is C11H15ClO2S. The molecule has 15 heavy (non-hydrogen) atoms. The summed E-state index contributed by atoms with van der Waals surface area (Å²) in [5, 5.41) is 0. The summed E-state index contributed by atoms with van der Waals surface area (Å²) in [5.41, 5.74) is 2.62. The summed E-state index contributed by atoms with van der Waals surface area (Å²) in [6.07, 6.45) is 1.64. The highest BCUT2D eigenvalue weighted by Crippen LogP contribution is 2.26. The van der Waals surface area contributed by atoms with Crippen LogP contribution in [-0.4, -0.2) is 8.42 Å². The van der Waals surface area contributed by atoms with Gasteiger partial charge in [0, 0.05) is 10.7 Å². The van der Waals surface area contributed by atoms with Gasteiger partial charge in [-0.25, -0.2) is 8.42 Å². The Kier molecular flexibility index (Phi) is 3.79. The minimum Gasteiger partial charge on any atom is -0.207 e. The summed E-state index contributed by atoms with van der Waals surface area (Å²) in [5.74, 6) is 0. The van der Waals surface area contributed by atoms with E-state index in [4.69, 9.17) is 10.7 Å². The molecule has 1 aromatic rings. The van der Waals surface area contributed by atoms with Crippen LogP contribution in [0.4, 0.5) is 0 Å². The molecule has 0 spiro atoms. The van der Waals surface area contributed by atoms with Crippen LogP contribution in [0.1, 0.15) is 30.0 Å². The monoisotopic (exact) mass is 246 g/mol. The lowest BCUT2D eigenvalue weighted by Gasteiger charge is -2.10. The van der Waals surface area contributed by atoms with Crippen molar-refractivity contribution in [3.63, 3.8) is 0 Å². The zero-order chi connectivity index (χ0) is 11.6. The van der Waals surface area contributed by atoms with Crippen molar-refractivity contribution < 1.29 is 8.42 Å². The van der Waals surface area contributed by atoms with Crippen molar-refractivity contribution >= 4 is 19.7 Å². The standard InChI is InChI=1S/C11H15ClO2S/c1-4-5-10-7-8(2)6-9(3)11(10)15(12,13)14/h6-7H,4-5H2,1-3H3. The largest absolute Gasteiger partial charge is 0.261 e. The maximum atomic E-state index is 11.4. The summed E-state index contributed by atoms with van der Waals surface area (Å²) in [4.78, 5) is 0.289. The van der Waals surface area contributed by atoms with E-state index in [1.165, 1.54) is 0 Å². The summed E-state index contributed by atoms with van der Waals surface area (Å²) >= 11 is 0. The van der Waals surface area contributed by atoms with Crippen molar-refractivity contribution in [2.45, 2.75) is 38.5 Å². The first-order chi connectivity index (χ1) is 6.86. The molecule has 1 rings (SSSR count). The molecule has 0 radical (unpaired) electrons. The number of benzene rings is 1. The number of hydrogen-bond acceptors (Lipinski definition) is 2. The molecule has 0 heterocycles. The van der Waals surface area contributed by atoms with Gasteiger partial charge in [0.1, 0.15) is 0 Å². The first-order valence-electron chi connectivity index (χ1n) is 4.91. The number of rotatable bonds is 3. The molecule has 0 unspecified atom stereocenters. The van der Waals surface area contributed by atoms with Gasteiger partial charge in [0.2, 0.25) is 0 Å². The lowest BCUT2D eigenvalue weighted by atomic mass is 10.0. The Labute approximate surface area is 95.7 Å². The molecule has 0 bridgehead atoms. The van der Waals surface area contributed by atoms with Crippen LogP contribution in [0.25, 0.3) is 0 Å². The topological polar surface area (TPSA) is 34.1 Å². The fraction of sp³-hybridized carbons (Fsp3) is 0.455. The zero-order valence-corrected chi connectivity index (χ0v) is 10.7. The van der Waals surface area contributed by atoms with E-state index in [1.807, 2.05) is 26.0 Å². The van der Waals surface area contributed by atoms with Gasteiger partial charge in [-0.05, 0) is 31.4 Å². The molecule has 84 valence electrons. The minimum atomic E-state index is -3.63. The van der Waals surface area contributed by atoms with E-state index in [0.717, 1.165) is 29.5 Å². The van der Waals surface area contributed by atoms with Crippen LogP contribution in [-0.2, 0) is 15.5 Å². The first-order valence-corrected chi connectivity index (χ1v) is 7.22. The van der Waals surface area contributed by atoms with Crippen molar-refractivity contribution in [3.8, 4) is 0 Å². The predicted molar refractivity (Wildman–Crippen MR) is 62.9 cm³/mol. The first kappa shape index (κ1) is 12.5. The van der Waals surface area contributed by atoms with Gasteiger partial charge in [-0.3, -0.25) is 0 Å². The summed E-state index contributed by atoms with van der Waals surface area (Å²) in [7, 11) is 1.80. The summed E-state index contributed by atoms with van der Waals surface area (Å²) in [6.45, 7) is 5.75. The van der Waals surface area contributed by atoms with Crippen LogP contribution in [0.15, 0.2) is 17.0 Å². The smallest absolute Gasteiger partial charge is 0.207 e. The molecule has 0 N–H and O–H groups in total. The van der Waals surface area contributed by atoms with Crippen molar-refractivity contribution in [3.05, 3.63) is 28.8 Å². The maximum absolute atomic E-state index is 11.4. The van der Waals surface area contributed by atoms with Gasteiger partial charge in [-0.2, -0.15) is 0 Å². The van der Waals surface area contributed by atoms with E-state index in [0.29, 0.717) is 0 Å². The normalized spacial score (nSPS) is 11.7. The summed E-state index contributed by atoms with van der Waals surface area (Å²) in [6, 6.07) is 3.74. The molecule has 0 atom stereocenters. The third-order valence-corrected chi connectivity index (χ3v) is 3.79. The molecule has 0 saturated carbocycles. The van der Waals surface area contributed by atoms with Gasteiger partial charge in [0.25, 0.3) is 9.05 Å². The van der Waals surface area contributed by atoms with Gasteiger partial charge >= 0.3 is 0 Å². The Hall–Kier alpha value is -0.540. The number of halogens is 1. The fourth-order valence-electron chi connectivity index (χ4n) is 1.85. The molecule has 0 aliphatic heterocycles. The Morgan fingerprint density at radius 1 is 1.27 bits per heavy atom. The van der Waals surface area contributed by atoms with Gasteiger partial charge in [0.05, 0.1) is 4.90 Å². The number of aryl methyl sites for hydroxylation is 3. The third kappa shape index (κ3) is 2.95. The van der Waals surface area contributed by atoms with E-state index >= 15 is 0 Å². The predicted octanol–water partition coefficient (Wildman–Crippen LogP) is 3.18. The Morgan fingerprint density at radius 2 is 1.87 bits per heavy atom. The van der Waals surface area contributed by atoms with E-state index < -0.39 is 9.05 Å². The Balaban J connectivity index is 3.47. The van der Waals surface area contributed by atoms with Gasteiger partial charge < -0.3 is 0 Å². The third-order valence-electron chi connectivity index (χ3n) is 2.26. The van der Waals surface area contributed by atoms with E-state index in [9.17, 15) is 8.42 Å². The highest BCUT2D eigenvalue weighted by molar-refractivity contribution is 8.13. The highest BCUT2D eigenvalue weighted by atomic mass is 35.7. The second-order valence-corrected chi connectivity index (χ2v) is 6.26. The van der Waals surface area contributed by atoms with Crippen molar-refractivity contribution in [2.75, 3.05) is 0 Å². The summed E-state index contributed by atoms with van der Waals surface area (Å²) < 4.78 is 22.9.